The van der Waals surface area contributed by atoms with Crippen LogP contribution < -0.4 is 5.73 Å². The molecule has 2 N–H and O–H groups in total. The first-order valence-corrected chi connectivity index (χ1v) is 5.36. The van der Waals surface area contributed by atoms with Crippen molar-refractivity contribution in [3.05, 3.63) is 41.3 Å². The van der Waals surface area contributed by atoms with Crippen molar-refractivity contribution in [1.82, 2.24) is 0 Å². The van der Waals surface area contributed by atoms with Crippen molar-refractivity contribution in [2.24, 2.45) is 0 Å². The predicted octanol–water partition coefficient (Wildman–Crippen LogP) is 4.02. The average Bonchev–Trinajstić information content (AvgIpc) is 2.68. The lowest BCUT2D eigenvalue weighted by atomic mass is 10.1. The second-order valence-corrected chi connectivity index (χ2v) is 4.27. The summed E-state index contributed by atoms with van der Waals surface area (Å²) in [4.78, 5) is 0.776. The highest BCUT2D eigenvalue weighted by molar-refractivity contribution is 7.13. The SMILES string of the molecule is Nc1cc(-c2cccs2)cc(C(F)(F)F)c1. The molecule has 0 aliphatic rings. The number of nitrogens with two attached hydrogens (primary N) is 1. The van der Waals surface area contributed by atoms with E-state index in [1.54, 1.807) is 18.2 Å². The Labute approximate surface area is 94.3 Å². The molecule has 0 unspecified atom stereocenters. The quantitative estimate of drug-likeness (QED) is 0.752. The van der Waals surface area contributed by atoms with Gasteiger partial charge in [-0.3, -0.25) is 0 Å². The summed E-state index contributed by atoms with van der Waals surface area (Å²) in [7, 11) is 0. The minimum absolute atomic E-state index is 0.123. The molecule has 0 bridgehead atoms. The lowest BCUT2D eigenvalue weighted by Gasteiger charge is -2.09. The summed E-state index contributed by atoms with van der Waals surface area (Å²) in [6, 6.07) is 7.15. The molecule has 1 aromatic heterocycles. The van der Waals surface area contributed by atoms with E-state index in [9.17, 15) is 13.2 Å². The number of benzene rings is 1. The molecule has 0 amide bonds. The monoisotopic (exact) mass is 243 g/mol. The number of hydrogen-bond donors (Lipinski definition) is 1. The summed E-state index contributed by atoms with van der Waals surface area (Å²) in [5, 5.41) is 1.81. The lowest BCUT2D eigenvalue weighted by Crippen LogP contribution is -2.05. The maximum Gasteiger partial charge on any atom is 0.416 e. The van der Waals surface area contributed by atoms with Crippen LogP contribution in [-0.2, 0) is 6.18 Å². The van der Waals surface area contributed by atoms with Crippen molar-refractivity contribution in [2.75, 3.05) is 5.73 Å². The van der Waals surface area contributed by atoms with Gasteiger partial charge in [0.05, 0.1) is 5.56 Å². The van der Waals surface area contributed by atoms with Crippen molar-refractivity contribution in [2.45, 2.75) is 6.18 Å². The Hall–Kier alpha value is -1.49. The fourth-order valence-corrected chi connectivity index (χ4v) is 2.12. The van der Waals surface area contributed by atoms with E-state index in [2.05, 4.69) is 0 Å². The van der Waals surface area contributed by atoms with Crippen LogP contribution in [0, 0.1) is 0 Å². The van der Waals surface area contributed by atoms with Crippen LogP contribution in [0.3, 0.4) is 0 Å². The van der Waals surface area contributed by atoms with Crippen LogP contribution in [0.2, 0.25) is 0 Å². The van der Waals surface area contributed by atoms with Gasteiger partial charge < -0.3 is 5.73 Å². The molecule has 0 saturated carbocycles. The fraction of sp³-hybridized carbons (Fsp3) is 0.0909. The molecule has 0 spiro atoms. The van der Waals surface area contributed by atoms with Gasteiger partial charge in [-0.2, -0.15) is 13.2 Å². The van der Waals surface area contributed by atoms with Crippen molar-refractivity contribution in [3.8, 4) is 10.4 Å². The van der Waals surface area contributed by atoms with Crippen LogP contribution in [-0.4, -0.2) is 0 Å². The van der Waals surface area contributed by atoms with E-state index in [4.69, 9.17) is 5.73 Å². The first kappa shape index (κ1) is 11.0. The zero-order chi connectivity index (χ0) is 11.8. The zero-order valence-corrected chi connectivity index (χ0v) is 8.90. The molecule has 84 valence electrons. The van der Waals surface area contributed by atoms with Gasteiger partial charge in [-0.25, -0.2) is 0 Å². The third kappa shape index (κ3) is 2.19. The molecule has 0 aliphatic carbocycles. The Kier molecular flexibility index (Phi) is 2.63. The van der Waals surface area contributed by atoms with Crippen LogP contribution in [0.5, 0.6) is 0 Å². The maximum absolute atomic E-state index is 12.5. The molecule has 5 heteroatoms. The van der Waals surface area contributed by atoms with E-state index < -0.39 is 11.7 Å². The summed E-state index contributed by atoms with van der Waals surface area (Å²) in [6.45, 7) is 0. The molecule has 0 fully saturated rings. The van der Waals surface area contributed by atoms with Crippen molar-refractivity contribution in [3.63, 3.8) is 0 Å². The van der Waals surface area contributed by atoms with Gasteiger partial charge in [0.25, 0.3) is 0 Å². The number of rotatable bonds is 1. The van der Waals surface area contributed by atoms with Crippen molar-refractivity contribution >= 4 is 17.0 Å². The highest BCUT2D eigenvalue weighted by atomic mass is 32.1. The van der Waals surface area contributed by atoms with Gasteiger partial charge in [0, 0.05) is 10.6 Å². The van der Waals surface area contributed by atoms with Crippen LogP contribution >= 0.6 is 11.3 Å². The number of anilines is 1. The largest absolute Gasteiger partial charge is 0.416 e. The van der Waals surface area contributed by atoms with E-state index >= 15 is 0 Å². The zero-order valence-electron chi connectivity index (χ0n) is 8.08. The minimum Gasteiger partial charge on any atom is -0.399 e. The Morgan fingerprint density at radius 3 is 2.44 bits per heavy atom. The minimum atomic E-state index is -4.36. The lowest BCUT2D eigenvalue weighted by molar-refractivity contribution is -0.137. The van der Waals surface area contributed by atoms with Crippen LogP contribution in [0.1, 0.15) is 5.56 Å². The first-order valence-electron chi connectivity index (χ1n) is 4.48. The fourth-order valence-electron chi connectivity index (χ4n) is 1.40. The molecule has 2 aromatic rings. The second-order valence-electron chi connectivity index (χ2n) is 3.32. The third-order valence-electron chi connectivity index (χ3n) is 2.09. The molecule has 0 atom stereocenters. The van der Waals surface area contributed by atoms with E-state index in [1.165, 1.54) is 11.3 Å². The Balaban J connectivity index is 2.53. The summed E-state index contributed by atoms with van der Waals surface area (Å²) in [5.41, 5.74) is 5.38. The molecular formula is C11H8F3NS. The number of thiophene rings is 1. The number of alkyl halides is 3. The van der Waals surface area contributed by atoms with Crippen molar-refractivity contribution < 1.29 is 13.2 Å². The molecule has 0 saturated heterocycles. The third-order valence-corrected chi connectivity index (χ3v) is 3.01. The molecular weight excluding hydrogens is 235 g/mol. The van der Waals surface area contributed by atoms with E-state index in [0.29, 0.717) is 5.56 Å². The highest BCUT2D eigenvalue weighted by Gasteiger charge is 2.31. The Morgan fingerprint density at radius 2 is 1.88 bits per heavy atom. The normalized spacial score (nSPS) is 11.7. The van der Waals surface area contributed by atoms with Gasteiger partial charge in [-0.1, -0.05) is 6.07 Å². The van der Waals surface area contributed by atoms with Gasteiger partial charge in [0.1, 0.15) is 0 Å². The first-order chi connectivity index (χ1) is 7.47. The van der Waals surface area contributed by atoms with Crippen LogP contribution in [0.15, 0.2) is 35.7 Å². The second kappa shape index (κ2) is 3.83. The van der Waals surface area contributed by atoms with Gasteiger partial charge in [-0.15, -0.1) is 11.3 Å². The topological polar surface area (TPSA) is 26.0 Å². The summed E-state index contributed by atoms with van der Waals surface area (Å²) in [6.07, 6.45) is -4.36. The Bertz CT molecular complexity index is 488. The smallest absolute Gasteiger partial charge is 0.399 e. The summed E-state index contributed by atoms with van der Waals surface area (Å²) in [5.74, 6) is 0. The summed E-state index contributed by atoms with van der Waals surface area (Å²) < 4.78 is 37.6. The van der Waals surface area contributed by atoms with E-state index in [0.717, 1.165) is 17.0 Å². The van der Waals surface area contributed by atoms with Gasteiger partial charge in [-0.05, 0) is 35.2 Å². The van der Waals surface area contributed by atoms with E-state index in [1.807, 2.05) is 5.38 Å². The molecule has 16 heavy (non-hydrogen) atoms. The summed E-state index contributed by atoms with van der Waals surface area (Å²) >= 11 is 1.38. The Morgan fingerprint density at radius 1 is 1.12 bits per heavy atom. The number of nitrogen functional groups attached to an aromatic ring is 1. The van der Waals surface area contributed by atoms with Crippen molar-refractivity contribution in [1.29, 1.82) is 0 Å². The number of halogens is 3. The van der Waals surface area contributed by atoms with Crippen LogP contribution in [0.25, 0.3) is 10.4 Å². The average molecular weight is 243 g/mol. The maximum atomic E-state index is 12.5. The highest BCUT2D eigenvalue weighted by Crippen LogP contribution is 2.35. The molecule has 1 heterocycles. The predicted molar refractivity (Wildman–Crippen MR) is 59.2 cm³/mol. The van der Waals surface area contributed by atoms with Gasteiger partial charge >= 0.3 is 6.18 Å². The van der Waals surface area contributed by atoms with E-state index in [-0.39, 0.29) is 5.69 Å². The van der Waals surface area contributed by atoms with Crippen LogP contribution in [0.4, 0.5) is 18.9 Å². The number of hydrogen-bond acceptors (Lipinski definition) is 2. The molecule has 0 radical (unpaired) electrons. The molecule has 2 rings (SSSR count). The van der Waals surface area contributed by atoms with Gasteiger partial charge in [0.2, 0.25) is 0 Å². The standard InChI is InChI=1S/C11H8F3NS/c12-11(13,14)8-4-7(5-9(15)6-8)10-2-1-3-16-10/h1-6H,15H2. The molecule has 1 nitrogen and oxygen atoms in total. The van der Waals surface area contributed by atoms with Gasteiger partial charge in [0.15, 0.2) is 0 Å². The molecule has 0 aliphatic heterocycles. The molecule has 1 aromatic carbocycles.